The summed E-state index contributed by atoms with van der Waals surface area (Å²) in [5.41, 5.74) is 0. The van der Waals surface area contributed by atoms with Crippen LogP contribution in [0.1, 0.15) is 341 Å². The lowest BCUT2D eigenvalue weighted by molar-refractivity contribution is -0.143. The van der Waals surface area contributed by atoms with Crippen LogP contribution in [0, 0.1) is 0 Å². The topological polar surface area (TPSA) is 95.9 Å². The van der Waals surface area contributed by atoms with Crippen molar-refractivity contribution in [1.29, 1.82) is 0 Å². The van der Waals surface area contributed by atoms with Crippen LogP contribution in [-0.4, -0.2) is 47.4 Å². The third-order valence-electron chi connectivity index (χ3n) is 14.6. The molecule has 1 amide bonds. The Morgan fingerprint density at radius 2 is 0.676 bits per heavy atom. The molecule has 0 bridgehead atoms. The Balaban J connectivity index is 3.34. The molecule has 0 spiro atoms. The first kappa shape index (κ1) is 69.1. The van der Waals surface area contributed by atoms with Gasteiger partial charge in [-0.2, -0.15) is 0 Å². The summed E-state index contributed by atoms with van der Waals surface area (Å²) in [5, 5.41) is 23.0. The number of esters is 1. The highest BCUT2D eigenvalue weighted by Gasteiger charge is 2.18. The third kappa shape index (κ3) is 57.2. The van der Waals surface area contributed by atoms with Gasteiger partial charge in [-0.25, -0.2) is 0 Å². The lowest BCUT2D eigenvalue weighted by Crippen LogP contribution is -2.45. The molecule has 0 aliphatic carbocycles. The zero-order chi connectivity index (χ0) is 51.4. The Morgan fingerprint density at radius 3 is 1.04 bits per heavy atom. The van der Waals surface area contributed by atoms with E-state index in [1.165, 1.54) is 270 Å². The Kier molecular flexibility index (Phi) is 59.0. The first-order valence-corrected chi connectivity index (χ1v) is 31.8. The molecule has 0 fully saturated rings. The Hall–Kier alpha value is -1.92. The van der Waals surface area contributed by atoms with Gasteiger partial charge in [0, 0.05) is 12.8 Å². The first-order valence-electron chi connectivity index (χ1n) is 31.8. The van der Waals surface area contributed by atoms with Crippen molar-refractivity contribution in [3.05, 3.63) is 36.5 Å². The number of aliphatic hydroxyl groups excluding tert-OH is 2. The maximum absolute atomic E-state index is 12.4. The van der Waals surface area contributed by atoms with Gasteiger partial charge >= 0.3 is 5.97 Å². The molecule has 2 atom stereocenters. The van der Waals surface area contributed by atoms with Crippen LogP contribution in [0.5, 0.6) is 0 Å². The molecule has 0 aromatic rings. The molecular weight excluding hydrogens is 875 g/mol. The van der Waals surface area contributed by atoms with E-state index in [1.807, 2.05) is 6.08 Å². The summed E-state index contributed by atoms with van der Waals surface area (Å²) in [6, 6.07) is -0.623. The van der Waals surface area contributed by atoms with Crippen molar-refractivity contribution in [1.82, 2.24) is 5.32 Å². The number of allylic oxidation sites excluding steroid dienone is 5. The minimum Gasteiger partial charge on any atom is -0.466 e. The number of carbonyl (C=O) groups is 2. The van der Waals surface area contributed by atoms with Crippen LogP contribution in [0.4, 0.5) is 0 Å². The van der Waals surface area contributed by atoms with Gasteiger partial charge in [-0.3, -0.25) is 9.59 Å². The molecular formula is C65H123NO5. The van der Waals surface area contributed by atoms with Gasteiger partial charge in [0.25, 0.3) is 0 Å². The lowest BCUT2D eigenvalue weighted by Gasteiger charge is -2.20. The SMILES string of the molecule is CCCC/C=C\CCCCCCCC(=O)OCCCCCCCCCCCCCC/C=C\CCCCCCCCCCCCCCCCCCCC(=O)NC(CO)C(O)/C=C/CCCCCCCCCC. The number of rotatable bonds is 59. The summed E-state index contributed by atoms with van der Waals surface area (Å²) >= 11 is 0. The molecule has 0 aliphatic rings. The maximum atomic E-state index is 12.4. The summed E-state index contributed by atoms with van der Waals surface area (Å²) in [7, 11) is 0. The van der Waals surface area contributed by atoms with E-state index in [2.05, 4.69) is 43.5 Å². The highest BCUT2D eigenvalue weighted by Crippen LogP contribution is 2.17. The van der Waals surface area contributed by atoms with Crippen LogP contribution < -0.4 is 5.32 Å². The fourth-order valence-corrected chi connectivity index (χ4v) is 9.73. The van der Waals surface area contributed by atoms with Crippen molar-refractivity contribution < 1.29 is 24.5 Å². The number of carbonyl (C=O) groups excluding carboxylic acids is 2. The second-order valence-electron chi connectivity index (χ2n) is 21.7. The van der Waals surface area contributed by atoms with Gasteiger partial charge in [0.15, 0.2) is 0 Å². The van der Waals surface area contributed by atoms with Gasteiger partial charge in [0.2, 0.25) is 5.91 Å². The molecule has 71 heavy (non-hydrogen) atoms. The molecule has 6 nitrogen and oxygen atoms in total. The molecule has 2 unspecified atom stereocenters. The number of nitrogens with one attached hydrogen (secondary N) is 1. The minimum absolute atomic E-state index is 0.00709. The molecule has 0 saturated carbocycles. The predicted molar refractivity (Wildman–Crippen MR) is 310 cm³/mol. The van der Waals surface area contributed by atoms with E-state index in [0.29, 0.717) is 19.4 Å². The molecule has 0 heterocycles. The smallest absolute Gasteiger partial charge is 0.305 e. The number of hydrogen-bond acceptors (Lipinski definition) is 5. The van der Waals surface area contributed by atoms with Crippen LogP contribution >= 0.6 is 0 Å². The van der Waals surface area contributed by atoms with Crippen LogP contribution in [-0.2, 0) is 14.3 Å². The minimum atomic E-state index is -0.840. The number of hydrogen-bond donors (Lipinski definition) is 3. The van der Waals surface area contributed by atoms with Gasteiger partial charge < -0.3 is 20.3 Å². The van der Waals surface area contributed by atoms with E-state index < -0.39 is 12.1 Å². The zero-order valence-corrected chi connectivity index (χ0v) is 47.7. The van der Waals surface area contributed by atoms with Crippen molar-refractivity contribution in [2.24, 2.45) is 0 Å². The average molecular weight is 999 g/mol. The van der Waals surface area contributed by atoms with Crippen LogP contribution in [0.3, 0.4) is 0 Å². The molecule has 0 rings (SSSR count). The molecule has 6 heteroatoms. The van der Waals surface area contributed by atoms with Crippen molar-refractivity contribution >= 4 is 11.9 Å². The number of unbranched alkanes of at least 4 members (excludes halogenated alkanes) is 44. The fourth-order valence-electron chi connectivity index (χ4n) is 9.73. The molecule has 0 radical (unpaired) electrons. The van der Waals surface area contributed by atoms with Crippen LogP contribution in [0.2, 0.25) is 0 Å². The summed E-state index contributed by atoms with van der Waals surface area (Å²) in [6.45, 7) is 4.86. The maximum Gasteiger partial charge on any atom is 0.305 e. The van der Waals surface area contributed by atoms with Gasteiger partial charge in [0.05, 0.1) is 25.4 Å². The molecule has 0 aromatic heterocycles. The van der Waals surface area contributed by atoms with E-state index in [9.17, 15) is 19.8 Å². The molecule has 3 N–H and O–H groups in total. The number of ether oxygens (including phenoxy) is 1. The van der Waals surface area contributed by atoms with Gasteiger partial charge in [-0.1, -0.05) is 288 Å². The lowest BCUT2D eigenvalue weighted by atomic mass is 10.0. The largest absolute Gasteiger partial charge is 0.466 e. The van der Waals surface area contributed by atoms with E-state index in [0.717, 1.165) is 44.9 Å². The highest BCUT2D eigenvalue weighted by molar-refractivity contribution is 5.76. The van der Waals surface area contributed by atoms with Gasteiger partial charge in [-0.15, -0.1) is 0 Å². The van der Waals surface area contributed by atoms with E-state index in [-0.39, 0.29) is 18.5 Å². The van der Waals surface area contributed by atoms with Crippen LogP contribution in [0.25, 0.3) is 0 Å². The molecule has 418 valence electrons. The van der Waals surface area contributed by atoms with E-state index in [1.54, 1.807) is 6.08 Å². The second kappa shape index (κ2) is 60.6. The van der Waals surface area contributed by atoms with Crippen molar-refractivity contribution in [3.8, 4) is 0 Å². The quantitative estimate of drug-likeness (QED) is 0.0321. The van der Waals surface area contributed by atoms with E-state index >= 15 is 0 Å². The van der Waals surface area contributed by atoms with Crippen molar-refractivity contribution in [2.75, 3.05) is 13.2 Å². The summed E-state index contributed by atoms with van der Waals surface area (Å²) < 4.78 is 5.46. The normalized spacial score (nSPS) is 12.8. The summed E-state index contributed by atoms with van der Waals surface area (Å²) in [4.78, 5) is 24.4. The summed E-state index contributed by atoms with van der Waals surface area (Å²) in [6.07, 6.45) is 76.5. The zero-order valence-electron chi connectivity index (χ0n) is 47.7. The van der Waals surface area contributed by atoms with Gasteiger partial charge in [-0.05, 0) is 77.0 Å². The molecule has 0 saturated heterocycles. The Morgan fingerprint density at radius 1 is 0.380 bits per heavy atom. The first-order chi connectivity index (χ1) is 35.0. The van der Waals surface area contributed by atoms with Crippen molar-refractivity contribution in [2.45, 2.75) is 353 Å². The van der Waals surface area contributed by atoms with Gasteiger partial charge in [0.1, 0.15) is 0 Å². The number of amides is 1. The summed E-state index contributed by atoms with van der Waals surface area (Å²) in [5.74, 6) is -0.0590. The monoisotopic (exact) mass is 998 g/mol. The predicted octanol–water partition coefficient (Wildman–Crippen LogP) is 20.0. The Labute approximate surface area is 443 Å². The van der Waals surface area contributed by atoms with E-state index in [4.69, 9.17) is 4.74 Å². The number of aliphatic hydroxyl groups is 2. The highest BCUT2D eigenvalue weighted by atomic mass is 16.5. The van der Waals surface area contributed by atoms with Crippen LogP contribution in [0.15, 0.2) is 36.5 Å². The van der Waals surface area contributed by atoms with Crippen molar-refractivity contribution in [3.63, 3.8) is 0 Å². The molecule has 0 aliphatic heterocycles. The Bertz CT molecular complexity index is 1150. The fraction of sp³-hybridized carbons (Fsp3) is 0.877. The third-order valence-corrected chi connectivity index (χ3v) is 14.6. The second-order valence-corrected chi connectivity index (χ2v) is 21.7. The molecule has 0 aromatic carbocycles. The standard InChI is InChI=1S/C65H123NO5/c1-3-5-7-9-11-13-38-43-47-51-55-59-65(70)71-60-56-52-48-44-40-37-35-33-31-29-27-25-23-21-19-17-15-16-18-20-22-24-26-28-30-32-34-36-39-42-46-50-54-58-64(69)66-62(61-67)63(68)57-53-49-45-41-14-12-10-8-6-4-2/h9,11,19,21,53,57,62-63,67-68H,3-8,10,12-18,20,22-52,54-56,58-61H2,1-2H3,(H,66,69)/b11-9-,21-19-,57-53+. The average Bonchev–Trinajstić information content (AvgIpc) is 3.37.